The highest BCUT2D eigenvalue weighted by molar-refractivity contribution is 7.87. The van der Waals surface area contributed by atoms with Crippen LogP contribution in [0.4, 0.5) is 4.79 Å². The maximum atomic E-state index is 13.8. The number of fused-ring (bicyclic) bond motifs is 10. The molecule has 2 aromatic carbocycles. The molecule has 11 heteroatoms. The number of carbonyl (C=O) groups is 2. The van der Waals surface area contributed by atoms with Crippen LogP contribution in [0.15, 0.2) is 36.4 Å². The van der Waals surface area contributed by atoms with Crippen LogP contribution in [0.2, 0.25) is 0 Å². The van der Waals surface area contributed by atoms with E-state index in [9.17, 15) is 28.2 Å². The summed E-state index contributed by atoms with van der Waals surface area (Å²) in [6.07, 6.45) is 20.5. The van der Waals surface area contributed by atoms with E-state index in [4.69, 9.17) is 26.5 Å². The van der Waals surface area contributed by atoms with E-state index < -0.39 is 50.8 Å². The number of nitrogens with one attached hydrogen (secondary N) is 1. The molecule has 4 fully saturated rings. The van der Waals surface area contributed by atoms with Gasteiger partial charge in [-0.1, -0.05) is 37.8 Å². The van der Waals surface area contributed by atoms with Gasteiger partial charge in [-0.15, -0.1) is 12.8 Å². The highest BCUT2D eigenvalue weighted by Crippen LogP contribution is 2.65. The molecular weight excluding hydrogens is 767 g/mol. The molecule has 0 aromatic heterocycles. The first-order valence-electron chi connectivity index (χ1n) is 21.5. The van der Waals surface area contributed by atoms with Crippen LogP contribution in [0.5, 0.6) is 11.5 Å². The van der Waals surface area contributed by atoms with Crippen molar-refractivity contribution in [3.63, 3.8) is 0 Å². The zero-order valence-electron chi connectivity index (χ0n) is 35.0. The summed E-state index contributed by atoms with van der Waals surface area (Å²) in [4.78, 5) is 26.7. The Morgan fingerprint density at radius 1 is 0.797 bits per heavy atom. The molecule has 2 aromatic rings. The Kier molecular flexibility index (Phi) is 10.3. The van der Waals surface area contributed by atoms with Crippen molar-refractivity contribution in [2.75, 3.05) is 5.75 Å². The van der Waals surface area contributed by atoms with E-state index in [-0.39, 0.29) is 28.2 Å². The molecule has 11 unspecified atom stereocenters. The summed E-state index contributed by atoms with van der Waals surface area (Å²) in [7, 11) is -4.44. The number of hydrogen-bond donors (Lipinski definition) is 3. The van der Waals surface area contributed by atoms with Crippen molar-refractivity contribution in [3.05, 3.63) is 58.7 Å². The number of terminal acetylenes is 2. The number of amides is 1. The average molecular weight is 826 g/mol. The lowest BCUT2D eigenvalue weighted by Gasteiger charge is -2.52. The van der Waals surface area contributed by atoms with Crippen molar-refractivity contribution < 1.29 is 41.9 Å². The Bertz CT molecular complexity index is 2230. The molecule has 316 valence electrons. The predicted molar refractivity (Wildman–Crippen MR) is 223 cm³/mol. The minimum absolute atomic E-state index is 0.132. The number of carbonyl (C=O) groups excluding carboxylic acids is 2. The zero-order valence-corrected chi connectivity index (χ0v) is 35.8. The van der Waals surface area contributed by atoms with Crippen LogP contribution in [0.25, 0.3) is 0 Å². The minimum atomic E-state index is -4.44. The Hall–Kier alpha value is -4.03. The van der Waals surface area contributed by atoms with Crippen molar-refractivity contribution in [1.82, 2.24) is 5.32 Å². The maximum Gasteiger partial charge on any atom is 0.408 e. The Morgan fingerprint density at radius 3 is 1.78 bits per heavy atom. The van der Waals surface area contributed by atoms with Crippen molar-refractivity contribution in [2.24, 2.45) is 34.5 Å². The number of rotatable bonds is 7. The van der Waals surface area contributed by atoms with Gasteiger partial charge in [0, 0.05) is 10.8 Å². The minimum Gasteiger partial charge on any atom is -0.444 e. The Balaban J connectivity index is 0.963. The summed E-state index contributed by atoms with van der Waals surface area (Å²) < 4.78 is 44.2. The second-order valence-electron chi connectivity index (χ2n) is 20.0. The first kappa shape index (κ1) is 41.7. The van der Waals surface area contributed by atoms with Gasteiger partial charge in [0.05, 0.1) is 0 Å². The molecule has 0 aliphatic heterocycles. The van der Waals surface area contributed by atoms with E-state index in [0.29, 0.717) is 42.4 Å². The Morgan fingerprint density at radius 2 is 1.29 bits per heavy atom. The monoisotopic (exact) mass is 825 g/mol. The van der Waals surface area contributed by atoms with Crippen LogP contribution in [0, 0.1) is 59.2 Å². The van der Waals surface area contributed by atoms with Crippen LogP contribution >= 0.6 is 0 Å². The number of aliphatic hydroxyl groups is 2. The SMILES string of the molecule is C#CC1(O)CCC2C3CCc4cc(OC(=O)C(CS(=O)(=O)Oc5ccc6c(c5)CCC5C6CCC6(C)C5CCC6(O)C#C)NC(=O)OC(C)(C)C)ccc4C3CCC21C. The molecule has 3 N–H and O–H groups in total. The van der Waals surface area contributed by atoms with E-state index in [2.05, 4.69) is 31.0 Å². The third-order valence-electron chi connectivity index (χ3n) is 16.0. The number of aryl methyl sites for hydroxylation is 2. The lowest BCUT2D eigenvalue weighted by molar-refractivity contribution is -0.136. The summed E-state index contributed by atoms with van der Waals surface area (Å²) >= 11 is 0. The second kappa shape index (κ2) is 14.6. The fraction of sp³-hybridized carbons (Fsp3) is 0.625. The molecule has 0 heterocycles. The molecular formula is C48H59NO9S. The number of ether oxygens (including phenoxy) is 2. The van der Waals surface area contributed by atoms with Crippen molar-refractivity contribution in [3.8, 4) is 36.2 Å². The summed E-state index contributed by atoms with van der Waals surface area (Å²) in [6.45, 7) is 9.30. The predicted octanol–water partition coefficient (Wildman–Crippen LogP) is 7.33. The van der Waals surface area contributed by atoms with Gasteiger partial charge in [-0.3, -0.25) is 0 Å². The van der Waals surface area contributed by atoms with Gasteiger partial charge in [0.15, 0.2) is 0 Å². The number of hydrogen-bond acceptors (Lipinski definition) is 9. The molecule has 8 rings (SSSR count). The van der Waals surface area contributed by atoms with E-state index in [1.807, 2.05) is 18.2 Å². The number of esters is 1. The Labute approximate surface area is 349 Å². The highest BCUT2D eigenvalue weighted by atomic mass is 32.2. The normalized spacial score (nSPS) is 36.1. The fourth-order valence-corrected chi connectivity index (χ4v) is 14.0. The largest absolute Gasteiger partial charge is 0.444 e. The van der Waals surface area contributed by atoms with Gasteiger partial charge in [-0.05, 0) is 180 Å². The topological polar surface area (TPSA) is 148 Å². The molecule has 0 bridgehead atoms. The van der Waals surface area contributed by atoms with Gasteiger partial charge in [-0.2, -0.15) is 8.42 Å². The van der Waals surface area contributed by atoms with E-state index in [1.54, 1.807) is 39.0 Å². The first-order chi connectivity index (χ1) is 27.7. The van der Waals surface area contributed by atoms with Gasteiger partial charge in [0.25, 0.3) is 0 Å². The van der Waals surface area contributed by atoms with Crippen LogP contribution in [-0.4, -0.2) is 59.3 Å². The molecule has 0 spiro atoms. The van der Waals surface area contributed by atoms with Crippen LogP contribution in [-0.2, 0) is 32.5 Å². The van der Waals surface area contributed by atoms with Crippen molar-refractivity contribution >= 4 is 22.2 Å². The fourth-order valence-electron chi connectivity index (χ4n) is 12.9. The van der Waals surface area contributed by atoms with Gasteiger partial charge < -0.3 is 29.2 Å². The molecule has 6 aliphatic rings. The van der Waals surface area contributed by atoms with Crippen LogP contribution < -0.4 is 14.2 Å². The summed E-state index contributed by atoms with van der Waals surface area (Å²) in [5.41, 5.74) is 0.760. The summed E-state index contributed by atoms with van der Waals surface area (Å²) in [6, 6.07) is 9.29. The zero-order chi connectivity index (χ0) is 42.3. The molecule has 1 amide bonds. The quantitative estimate of drug-likeness (QED) is 0.113. The lowest BCUT2D eigenvalue weighted by atomic mass is 9.53. The average Bonchev–Trinajstić information content (AvgIpc) is 3.61. The number of alkyl carbamates (subject to hydrolysis) is 1. The molecule has 0 radical (unpaired) electrons. The van der Waals surface area contributed by atoms with E-state index in [0.717, 1.165) is 75.3 Å². The molecule has 4 saturated carbocycles. The molecule has 6 aliphatic carbocycles. The highest BCUT2D eigenvalue weighted by Gasteiger charge is 2.62. The molecule has 59 heavy (non-hydrogen) atoms. The lowest BCUT2D eigenvalue weighted by Crippen LogP contribution is -2.50. The third-order valence-corrected chi connectivity index (χ3v) is 17.2. The van der Waals surface area contributed by atoms with Gasteiger partial charge >= 0.3 is 22.2 Å². The van der Waals surface area contributed by atoms with E-state index in [1.165, 1.54) is 11.1 Å². The second-order valence-corrected chi connectivity index (χ2v) is 21.6. The standard InChI is InChI=1S/C48H59NO9S/c1-8-47(52)24-20-39-37-14-10-29-26-31(12-16-33(29)35(37)18-22-45(39,47)6)56-42(50)41(49-43(51)57-44(3,4)5)28-59(54,55)58-32-13-17-34-30(27-32)11-15-38-36(34)19-23-46(7)40(38)21-25-48(46,53)9-2/h1-2,12-13,16-17,26-27,35-41,52-53H,10-11,14-15,18-25,28H2,3-7H3,(H,49,51). The van der Waals surface area contributed by atoms with Gasteiger partial charge in [0.2, 0.25) is 0 Å². The summed E-state index contributed by atoms with van der Waals surface area (Å²) in [5, 5.41) is 25.0. The molecule has 11 atom stereocenters. The van der Waals surface area contributed by atoms with Gasteiger partial charge in [0.1, 0.15) is 40.1 Å². The summed E-state index contributed by atoms with van der Waals surface area (Å²) in [5.74, 6) is 5.97. The first-order valence-corrected chi connectivity index (χ1v) is 23.1. The van der Waals surface area contributed by atoms with Crippen molar-refractivity contribution in [1.29, 1.82) is 0 Å². The third kappa shape index (κ3) is 7.13. The van der Waals surface area contributed by atoms with E-state index >= 15 is 0 Å². The molecule has 10 nitrogen and oxygen atoms in total. The van der Waals surface area contributed by atoms with Gasteiger partial charge in [-0.25, -0.2) is 9.59 Å². The molecule has 0 saturated heterocycles. The van der Waals surface area contributed by atoms with Crippen LogP contribution in [0.3, 0.4) is 0 Å². The smallest absolute Gasteiger partial charge is 0.408 e. The maximum absolute atomic E-state index is 13.8. The number of benzene rings is 2. The van der Waals surface area contributed by atoms with Crippen molar-refractivity contribution in [2.45, 2.75) is 146 Å². The van der Waals surface area contributed by atoms with Crippen LogP contribution in [0.1, 0.15) is 133 Å².